The van der Waals surface area contributed by atoms with Gasteiger partial charge in [0.15, 0.2) is 0 Å². The van der Waals surface area contributed by atoms with Crippen LogP contribution in [0.2, 0.25) is 0 Å². The molecule has 0 aliphatic heterocycles. The monoisotopic (exact) mass is 547 g/mol. The Hall–Kier alpha value is -2.53. The molecule has 134 valence electrons. The van der Waals surface area contributed by atoms with Crippen molar-refractivity contribution < 1.29 is 21.1 Å². The van der Waals surface area contributed by atoms with Crippen molar-refractivity contribution in [2.24, 2.45) is 0 Å². The number of pyridine rings is 2. The van der Waals surface area contributed by atoms with Gasteiger partial charge in [0.25, 0.3) is 0 Å². The summed E-state index contributed by atoms with van der Waals surface area (Å²) in [5, 5.41) is 2.00. The second-order valence-electron chi connectivity index (χ2n) is 5.51. The van der Waals surface area contributed by atoms with E-state index >= 15 is 0 Å². The third kappa shape index (κ3) is 6.00. The van der Waals surface area contributed by atoms with Gasteiger partial charge in [0.1, 0.15) is 0 Å². The molecule has 1 aromatic carbocycles. The van der Waals surface area contributed by atoms with Crippen LogP contribution in [0.1, 0.15) is 11.1 Å². The van der Waals surface area contributed by atoms with Crippen molar-refractivity contribution in [1.29, 1.82) is 0 Å². The summed E-state index contributed by atoms with van der Waals surface area (Å²) in [6.45, 7) is 2.02. The van der Waals surface area contributed by atoms with Gasteiger partial charge in [0.05, 0.1) is 11.4 Å². The van der Waals surface area contributed by atoms with Gasteiger partial charge in [0.2, 0.25) is 0 Å². The van der Waals surface area contributed by atoms with Crippen LogP contribution >= 0.6 is 11.3 Å². The maximum Gasteiger partial charge on any atom is 2.00 e. The topological polar surface area (TPSA) is 25.8 Å². The molecule has 3 aromatic heterocycles. The summed E-state index contributed by atoms with van der Waals surface area (Å²) in [6.07, 6.45) is 8.54. The minimum atomic E-state index is 0. The van der Waals surface area contributed by atoms with Crippen LogP contribution < -0.4 is 0 Å². The largest absolute Gasteiger partial charge is 2.00 e. The summed E-state index contributed by atoms with van der Waals surface area (Å²) >= 11 is 1.64. The molecule has 2 nitrogen and oxygen atoms in total. The predicted octanol–water partition coefficient (Wildman–Crippen LogP) is 5.60. The predicted molar refractivity (Wildman–Crippen MR) is 107 cm³/mol. The number of benzene rings is 1. The molecule has 0 saturated heterocycles. The molecule has 4 heteroatoms. The quantitative estimate of drug-likeness (QED) is 0.241. The Morgan fingerprint density at radius 3 is 2.30 bits per heavy atom. The van der Waals surface area contributed by atoms with Crippen LogP contribution in [0.5, 0.6) is 0 Å². The molecule has 0 aliphatic rings. The van der Waals surface area contributed by atoms with Crippen molar-refractivity contribution in [2.75, 3.05) is 0 Å². The summed E-state index contributed by atoms with van der Waals surface area (Å²) in [5.74, 6) is 2.30. The third-order valence-electron chi connectivity index (χ3n) is 3.57. The maximum absolute atomic E-state index is 6.76. The number of rotatable bonds is 2. The van der Waals surface area contributed by atoms with Crippen LogP contribution in [0.15, 0.2) is 78.3 Å². The van der Waals surface area contributed by atoms with Crippen molar-refractivity contribution in [3.63, 3.8) is 0 Å². The van der Waals surface area contributed by atoms with E-state index in [0.29, 0.717) is 0 Å². The van der Waals surface area contributed by atoms with Gasteiger partial charge in [-0.25, -0.2) is 11.3 Å². The number of aryl methyl sites for hydroxylation is 1. The smallest absolute Gasteiger partial charge is 0.366 e. The van der Waals surface area contributed by atoms with Crippen LogP contribution in [0, 0.1) is 25.3 Å². The summed E-state index contributed by atoms with van der Waals surface area (Å²) in [6, 6.07) is 24.6. The van der Waals surface area contributed by atoms with E-state index in [0.717, 1.165) is 27.5 Å². The number of aromatic nitrogens is 2. The van der Waals surface area contributed by atoms with Crippen molar-refractivity contribution in [2.45, 2.75) is 6.92 Å². The van der Waals surface area contributed by atoms with Gasteiger partial charge in [-0.3, -0.25) is 10.9 Å². The minimum absolute atomic E-state index is 0. The molecule has 0 N–H and O–H groups in total. The second-order valence-corrected chi connectivity index (χ2v) is 6.42. The summed E-state index contributed by atoms with van der Waals surface area (Å²) < 4.78 is 0. The van der Waals surface area contributed by atoms with Gasteiger partial charge in [0, 0.05) is 6.20 Å². The Balaban J connectivity index is 0.000000224. The van der Waals surface area contributed by atoms with Crippen LogP contribution in [-0.2, 0) is 21.1 Å². The molecule has 0 spiro atoms. The van der Waals surface area contributed by atoms with E-state index in [1.54, 1.807) is 17.5 Å². The molecule has 0 bridgehead atoms. The molecule has 0 fully saturated rings. The van der Waals surface area contributed by atoms with Gasteiger partial charge in [-0.05, 0) is 30.8 Å². The van der Waals surface area contributed by atoms with Crippen molar-refractivity contribution in [1.82, 2.24) is 9.97 Å². The van der Waals surface area contributed by atoms with Crippen LogP contribution in [-0.4, -0.2) is 9.97 Å². The number of hydrogen-bond acceptors (Lipinski definition) is 3. The van der Waals surface area contributed by atoms with Crippen LogP contribution in [0.25, 0.3) is 22.0 Å². The first-order chi connectivity index (χ1) is 12.8. The van der Waals surface area contributed by atoms with E-state index in [9.17, 15) is 0 Å². The average Bonchev–Trinajstić information content (AvgIpc) is 3.25. The van der Waals surface area contributed by atoms with Crippen molar-refractivity contribution in [3.05, 3.63) is 102 Å². The van der Waals surface area contributed by atoms with E-state index in [1.807, 2.05) is 79.0 Å². The molecule has 4 rings (SSSR count). The third-order valence-corrected chi connectivity index (χ3v) is 4.41. The molecular weight excluding hydrogens is 531 g/mol. The van der Waals surface area contributed by atoms with Gasteiger partial charge >= 0.3 is 21.1 Å². The van der Waals surface area contributed by atoms with Gasteiger partial charge in [-0.15, -0.1) is 23.1 Å². The Kier molecular flexibility index (Phi) is 8.14. The Morgan fingerprint density at radius 1 is 0.926 bits per heavy atom. The zero-order valence-corrected chi connectivity index (χ0v) is 17.7. The molecule has 0 unspecified atom stereocenters. The van der Waals surface area contributed by atoms with Crippen molar-refractivity contribution in [3.8, 4) is 27.9 Å². The molecular formula is C23H16N2PtS. The van der Waals surface area contributed by atoms with E-state index in [2.05, 4.69) is 22.0 Å². The summed E-state index contributed by atoms with van der Waals surface area (Å²) in [7, 11) is 0. The molecule has 0 aliphatic carbocycles. The minimum Gasteiger partial charge on any atom is -0.366 e. The Bertz CT molecular complexity index is 989. The SMILES string of the molecule is [C-]#Cc1ccc(C)cc1.[Pt+2].[c-]1ccsc1-c1cccc(-c2ccccn2)n1. The number of nitrogens with zero attached hydrogens (tertiary/aromatic N) is 2. The van der Waals surface area contributed by atoms with Gasteiger partial charge in [-0.2, -0.15) is 12.1 Å². The normalized spacial score (nSPS) is 9.33. The first kappa shape index (κ1) is 20.8. The fourth-order valence-corrected chi connectivity index (χ4v) is 2.88. The molecule has 4 aromatic rings. The molecule has 0 amide bonds. The number of hydrogen-bond donors (Lipinski definition) is 0. The molecule has 0 atom stereocenters. The van der Waals surface area contributed by atoms with Crippen LogP contribution in [0.4, 0.5) is 0 Å². The zero-order chi connectivity index (χ0) is 18.2. The van der Waals surface area contributed by atoms with Gasteiger partial charge < -0.3 is 11.4 Å². The molecule has 0 radical (unpaired) electrons. The first-order valence-corrected chi connectivity index (χ1v) is 8.97. The number of thiophene rings is 1. The van der Waals surface area contributed by atoms with E-state index in [4.69, 9.17) is 6.42 Å². The Morgan fingerprint density at radius 2 is 1.67 bits per heavy atom. The molecule has 3 heterocycles. The summed E-state index contributed by atoms with van der Waals surface area (Å²) in [5.41, 5.74) is 4.79. The van der Waals surface area contributed by atoms with E-state index < -0.39 is 0 Å². The molecule has 27 heavy (non-hydrogen) atoms. The fraction of sp³-hybridized carbons (Fsp3) is 0.0435. The van der Waals surface area contributed by atoms with Gasteiger partial charge in [-0.1, -0.05) is 40.8 Å². The zero-order valence-electron chi connectivity index (χ0n) is 14.6. The summed E-state index contributed by atoms with van der Waals surface area (Å²) in [4.78, 5) is 9.96. The average molecular weight is 548 g/mol. The first-order valence-electron chi connectivity index (χ1n) is 8.09. The second kappa shape index (κ2) is 10.6. The Labute approximate surface area is 178 Å². The van der Waals surface area contributed by atoms with E-state index in [1.165, 1.54) is 5.56 Å². The fourth-order valence-electron chi connectivity index (χ4n) is 2.24. The van der Waals surface area contributed by atoms with E-state index in [-0.39, 0.29) is 21.1 Å². The van der Waals surface area contributed by atoms with Crippen molar-refractivity contribution >= 4 is 11.3 Å². The molecule has 0 saturated carbocycles. The standard InChI is InChI=1S/C14H9N2S.C9H7.Pt/c1-2-9-15-11(5-1)12-6-3-7-13(16-12)14-8-4-10-17-14;1-3-9-6-4-8(2)5-7-9;/h1-7,9-10H;4-7H,2H3;/q2*-1;+2. The van der Waals surface area contributed by atoms with Crippen LogP contribution in [0.3, 0.4) is 0 Å². The maximum atomic E-state index is 6.76.